The maximum Gasteiger partial charge on any atom is 0.307 e. The number of methoxy groups -OCH3 is 1. The van der Waals surface area contributed by atoms with Crippen molar-refractivity contribution in [3.63, 3.8) is 0 Å². The van der Waals surface area contributed by atoms with Crippen molar-refractivity contribution in [2.45, 2.75) is 6.42 Å². The summed E-state index contributed by atoms with van der Waals surface area (Å²) in [5, 5.41) is 12.6. The average molecular weight is 463 g/mol. The molecule has 0 unspecified atom stereocenters. The van der Waals surface area contributed by atoms with E-state index in [2.05, 4.69) is 10.3 Å². The number of anilines is 2. The van der Waals surface area contributed by atoms with E-state index in [4.69, 9.17) is 9.84 Å². The van der Waals surface area contributed by atoms with Gasteiger partial charge in [0.15, 0.2) is 10.9 Å². The van der Waals surface area contributed by atoms with Gasteiger partial charge in [0, 0.05) is 11.5 Å². The topological polar surface area (TPSA) is 88.5 Å². The van der Waals surface area contributed by atoms with Crippen LogP contribution < -0.4 is 10.1 Å². The monoisotopic (exact) mass is 462 g/mol. The van der Waals surface area contributed by atoms with Gasteiger partial charge in [-0.1, -0.05) is 41.7 Å². The molecule has 0 spiro atoms. The fraction of sp³-hybridized carbons (Fsp3) is 0.160. The number of nitrogens with one attached hydrogen (secondary N) is 1. The predicted octanol–water partition coefficient (Wildman–Crippen LogP) is 5.76. The maximum absolute atomic E-state index is 14.8. The lowest BCUT2D eigenvalue weighted by atomic mass is 10.00. The highest BCUT2D eigenvalue weighted by Gasteiger charge is 2.48. The summed E-state index contributed by atoms with van der Waals surface area (Å²) in [5.74, 6) is -1.80. The second kappa shape index (κ2) is 8.29. The number of aromatic nitrogens is 1. The zero-order valence-electron chi connectivity index (χ0n) is 17.5. The molecule has 0 saturated heterocycles. The third kappa shape index (κ3) is 4.17. The molecule has 166 valence electrons. The summed E-state index contributed by atoms with van der Waals surface area (Å²) in [5.41, 5.74) is 3.01. The molecule has 1 fully saturated rings. The number of thiazole rings is 1. The second-order valence-electron chi connectivity index (χ2n) is 7.90. The molecule has 2 atom stereocenters. The molecule has 0 amide bonds. The number of benzene rings is 3. The van der Waals surface area contributed by atoms with Gasteiger partial charge in [-0.15, -0.1) is 0 Å². The predicted molar refractivity (Wildman–Crippen MR) is 125 cm³/mol. The Kier molecular flexibility index (Phi) is 5.30. The molecular formula is C25H19FN2O4S. The van der Waals surface area contributed by atoms with Crippen molar-refractivity contribution in [2.75, 3.05) is 12.4 Å². The number of aliphatic carboxylic acids is 1. The third-order valence-corrected chi connectivity index (χ3v) is 6.69. The average Bonchev–Trinajstić information content (AvgIpc) is 3.53. The Balaban J connectivity index is 1.31. The molecule has 1 aliphatic rings. The van der Waals surface area contributed by atoms with E-state index in [1.807, 2.05) is 18.2 Å². The largest absolute Gasteiger partial charge is 0.497 e. The normalized spacial score (nSPS) is 17.0. The number of carboxylic acid groups (broad SMARTS) is 1. The number of ether oxygens (including phenoxy) is 1. The van der Waals surface area contributed by atoms with Crippen LogP contribution in [0.5, 0.6) is 5.75 Å². The quantitative estimate of drug-likeness (QED) is 0.340. The number of halogens is 1. The number of rotatable bonds is 7. The highest BCUT2D eigenvalue weighted by Crippen LogP contribution is 2.41. The van der Waals surface area contributed by atoms with Crippen LogP contribution in [-0.2, 0) is 4.79 Å². The van der Waals surface area contributed by atoms with Crippen molar-refractivity contribution in [3.8, 4) is 16.9 Å². The van der Waals surface area contributed by atoms with E-state index >= 15 is 0 Å². The third-order valence-electron chi connectivity index (χ3n) is 5.75. The molecule has 33 heavy (non-hydrogen) atoms. The lowest BCUT2D eigenvalue weighted by Crippen LogP contribution is -2.08. The number of Topliss-reactive ketones (excluding diaryl/α,β-unsaturated/α-hetero) is 1. The first kappa shape index (κ1) is 21.1. The van der Waals surface area contributed by atoms with Gasteiger partial charge in [-0.3, -0.25) is 9.59 Å². The Morgan fingerprint density at radius 3 is 2.48 bits per heavy atom. The molecule has 3 aromatic carbocycles. The van der Waals surface area contributed by atoms with Crippen LogP contribution in [0.2, 0.25) is 0 Å². The van der Waals surface area contributed by atoms with Crippen molar-refractivity contribution >= 4 is 44.1 Å². The first-order chi connectivity index (χ1) is 15.9. The van der Waals surface area contributed by atoms with Crippen LogP contribution in [0.15, 0.2) is 60.7 Å². The Morgan fingerprint density at radius 1 is 1.06 bits per heavy atom. The number of fused-ring (bicyclic) bond motifs is 1. The maximum atomic E-state index is 14.8. The first-order valence-electron chi connectivity index (χ1n) is 10.3. The fourth-order valence-electron chi connectivity index (χ4n) is 3.80. The summed E-state index contributed by atoms with van der Waals surface area (Å²) >= 11 is 1.41. The summed E-state index contributed by atoms with van der Waals surface area (Å²) in [6.07, 6.45) is 0.387. The van der Waals surface area contributed by atoms with Gasteiger partial charge in [-0.05, 0) is 47.9 Å². The Labute approximate surface area is 192 Å². The van der Waals surface area contributed by atoms with Crippen molar-refractivity contribution in [1.82, 2.24) is 4.98 Å². The van der Waals surface area contributed by atoms with Gasteiger partial charge in [0.2, 0.25) is 0 Å². The summed E-state index contributed by atoms with van der Waals surface area (Å²) < 4.78 is 21.0. The highest BCUT2D eigenvalue weighted by atomic mass is 32.1. The number of carbonyl (C=O) groups excluding carboxylic acids is 1. The van der Waals surface area contributed by atoms with E-state index in [0.29, 0.717) is 28.4 Å². The molecule has 2 N–H and O–H groups in total. The Morgan fingerprint density at radius 2 is 1.82 bits per heavy atom. The van der Waals surface area contributed by atoms with Crippen molar-refractivity contribution in [1.29, 1.82) is 0 Å². The minimum absolute atomic E-state index is 0.159. The van der Waals surface area contributed by atoms with Gasteiger partial charge < -0.3 is 15.2 Å². The molecule has 6 nitrogen and oxygen atoms in total. The molecule has 0 radical (unpaired) electrons. The number of nitrogens with zero attached hydrogens (tertiary/aromatic N) is 1. The van der Waals surface area contributed by atoms with Crippen molar-refractivity contribution < 1.29 is 23.8 Å². The smallest absolute Gasteiger partial charge is 0.307 e. The van der Waals surface area contributed by atoms with E-state index in [1.165, 1.54) is 17.4 Å². The molecule has 4 aromatic rings. The van der Waals surface area contributed by atoms with Crippen LogP contribution in [0.25, 0.3) is 21.3 Å². The summed E-state index contributed by atoms with van der Waals surface area (Å²) in [6, 6.07) is 17.3. The molecule has 5 rings (SSSR count). The molecule has 1 heterocycles. The molecule has 8 heteroatoms. The molecular weight excluding hydrogens is 443 g/mol. The molecule has 1 aliphatic carbocycles. The Bertz CT molecular complexity index is 1380. The van der Waals surface area contributed by atoms with Crippen LogP contribution in [-0.4, -0.2) is 29.0 Å². The first-order valence-corrected chi connectivity index (χ1v) is 11.1. The van der Waals surface area contributed by atoms with Gasteiger partial charge in [-0.2, -0.15) is 0 Å². The van der Waals surface area contributed by atoms with E-state index in [-0.39, 0.29) is 5.78 Å². The van der Waals surface area contributed by atoms with Crippen LogP contribution in [0.1, 0.15) is 16.8 Å². The number of carbonyl (C=O) groups is 2. The zero-order chi connectivity index (χ0) is 23.1. The number of carboxylic acids is 1. The van der Waals surface area contributed by atoms with E-state index < -0.39 is 23.6 Å². The van der Waals surface area contributed by atoms with Crippen molar-refractivity contribution in [2.24, 2.45) is 11.8 Å². The molecule has 0 aliphatic heterocycles. The van der Waals surface area contributed by atoms with E-state index in [1.54, 1.807) is 43.5 Å². The summed E-state index contributed by atoms with van der Waals surface area (Å²) in [7, 11) is 1.60. The van der Waals surface area contributed by atoms with Gasteiger partial charge in [0.05, 0.1) is 28.9 Å². The highest BCUT2D eigenvalue weighted by molar-refractivity contribution is 7.22. The van der Waals surface area contributed by atoms with Gasteiger partial charge in [0.25, 0.3) is 0 Å². The van der Waals surface area contributed by atoms with Gasteiger partial charge in [-0.25, -0.2) is 9.37 Å². The van der Waals surface area contributed by atoms with Gasteiger partial charge >= 0.3 is 5.97 Å². The molecule has 1 saturated carbocycles. The van der Waals surface area contributed by atoms with Crippen LogP contribution in [0, 0.1) is 17.7 Å². The van der Waals surface area contributed by atoms with Crippen LogP contribution >= 0.6 is 11.3 Å². The molecule has 0 bridgehead atoms. The zero-order valence-corrected chi connectivity index (χ0v) is 18.4. The SMILES string of the molecule is COc1ccc2nc(Nc3ccc(-c4ccc(C(=O)[C@@H]5C[C@H]5C(=O)O)cc4)cc3F)sc2c1. The lowest BCUT2D eigenvalue weighted by molar-refractivity contribution is -0.138. The number of ketones is 1. The minimum Gasteiger partial charge on any atom is -0.497 e. The van der Waals surface area contributed by atoms with E-state index in [9.17, 15) is 14.0 Å². The number of hydrogen-bond acceptors (Lipinski definition) is 6. The van der Waals surface area contributed by atoms with Crippen LogP contribution in [0.3, 0.4) is 0 Å². The van der Waals surface area contributed by atoms with Gasteiger partial charge in [0.1, 0.15) is 11.6 Å². The van der Waals surface area contributed by atoms with Crippen molar-refractivity contribution in [3.05, 3.63) is 72.0 Å². The van der Waals surface area contributed by atoms with Crippen LogP contribution in [0.4, 0.5) is 15.2 Å². The number of hydrogen-bond donors (Lipinski definition) is 2. The minimum atomic E-state index is -0.931. The second-order valence-corrected chi connectivity index (χ2v) is 8.93. The Hall–Kier alpha value is -3.78. The summed E-state index contributed by atoms with van der Waals surface area (Å²) in [4.78, 5) is 27.9. The van der Waals surface area contributed by atoms with E-state index in [0.717, 1.165) is 21.5 Å². The standard InChI is InChI=1S/C25H19FN2O4S/c1-32-16-7-9-21-22(11-16)33-25(28-21)27-20-8-6-15(10-19(20)26)13-2-4-14(5-3-13)23(29)17-12-18(17)24(30)31/h2-11,17-18H,12H2,1H3,(H,27,28)(H,30,31)/t17-,18-/m1/s1. The molecule has 1 aromatic heterocycles. The summed E-state index contributed by atoms with van der Waals surface area (Å²) in [6.45, 7) is 0. The fourth-order valence-corrected chi connectivity index (χ4v) is 4.70. The lowest BCUT2D eigenvalue weighted by Gasteiger charge is -2.08.